The smallest absolute Gasteiger partial charge is 0.347 e. The number of halogens is 4. The van der Waals surface area contributed by atoms with Crippen molar-refractivity contribution in [2.45, 2.75) is 0 Å². The van der Waals surface area contributed by atoms with Crippen LogP contribution in [-0.4, -0.2) is 129 Å². The Morgan fingerprint density at radius 2 is 0.529 bits per heavy atom. The fourth-order valence-corrected chi connectivity index (χ4v) is 2.23. The minimum Gasteiger partial charge on any atom is -0.347 e. The van der Waals surface area contributed by atoms with Gasteiger partial charge < -0.3 is 42.5 Å². The van der Waals surface area contributed by atoms with E-state index in [-0.39, 0.29) is 26.8 Å². The highest BCUT2D eigenvalue weighted by molar-refractivity contribution is 7.22. The van der Waals surface area contributed by atoms with Crippen LogP contribution >= 0.6 is 40.2 Å². The molecule has 1 aliphatic heterocycles. The lowest BCUT2D eigenvalue weighted by atomic mass is 10.4. The summed E-state index contributed by atoms with van der Waals surface area (Å²) in [5.41, 5.74) is 0. The van der Waals surface area contributed by atoms with Gasteiger partial charge in [0.15, 0.2) is 0 Å². The van der Waals surface area contributed by atoms with Crippen molar-refractivity contribution in [3.63, 3.8) is 0 Å². The molecule has 18 heteroatoms. The molecular formula is C16H32Al2Cl4N8O4. The molecule has 0 aromatic carbocycles. The molecule has 1 aliphatic rings. The van der Waals surface area contributed by atoms with Gasteiger partial charge in [0.05, 0.1) is 0 Å². The summed E-state index contributed by atoms with van der Waals surface area (Å²) in [5.74, 6) is -2.58. The molecule has 0 bridgehead atoms. The maximum Gasteiger partial charge on any atom is 0.495 e. The van der Waals surface area contributed by atoms with E-state index in [1.54, 1.807) is 0 Å². The molecule has 0 aromatic heterocycles. The lowest BCUT2D eigenvalue weighted by molar-refractivity contribution is -0.139. The predicted molar refractivity (Wildman–Crippen MR) is 138 cm³/mol. The second-order valence-corrected chi connectivity index (χ2v) is 10.5. The van der Waals surface area contributed by atoms with Crippen LogP contribution in [0, 0.1) is 0 Å². The Balaban J connectivity index is 0. The Labute approximate surface area is 229 Å². The molecular weight excluding hydrogens is 564 g/mol. The van der Waals surface area contributed by atoms with Gasteiger partial charge in [0.1, 0.15) is 0 Å². The number of amides is 4. The third-order valence-electron chi connectivity index (χ3n) is 3.72. The molecule has 0 atom stereocenters. The van der Waals surface area contributed by atoms with Crippen LogP contribution in [0.15, 0.2) is 0 Å². The van der Waals surface area contributed by atoms with E-state index in [0.29, 0.717) is 78.5 Å². The zero-order chi connectivity index (χ0) is 25.9. The highest BCUT2D eigenvalue weighted by atomic mass is 35.7. The maximum atomic E-state index is 11.6. The molecule has 34 heavy (non-hydrogen) atoms. The molecule has 8 N–H and O–H groups in total. The molecule has 4 amide bonds. The number of carbonyl (C=O) groups is 4. The SMILES string of the molecule is O=C1NCCNCCNCCNC(=O)C(=O)NCCNCCNCCNC1=O.[Cl][Al][Cl].[Cl][Al][Cl]. The normalized spacial score (nSPS) is 18.5. The van der Waals surface area contributed by atoms with Gasteiger partial charge in [-0.1, -0.05) is 0 Å². The molecule has 0 aliphatic carbocycles. The van der Waals surface area contributed by atoms with Gasteiger partial charge in [-0.2, -0.15) is 0 Å². The van der Waals surface area contributed by atoms with E-state index in [2.05, 4.69) is 42.5 Å². The van der Waals surface area contributed by atoms with Crippen molar-refractivity contribution in [3.8, 4) is 0 Å². The highest BCUT2D eigenvalue weighted by Gasteiger charge is 2.12. The van der Waals surface area contributed by atoms with Crippen LogP contribution in [-0.2, 0) is 19.2 Å². The first-order valence-corrected chi connectivity index (χ1v) is 17.4. The third kappa shape index (κ3) is 26.5. The lowest BCUT2D eigenvalue weighted by Crippen LogP contribution is -2.45. The maximum absolute atomic E-state index is 11.6. The van der Waals surface area contributed by atoms with Gasteiger partial charge in [0, 0.05) is 78.5 Å². The molecule has 0 aromatic rings. The summed E-state index contributed by atoms with van der Waals surface area (Å²) in [7, 11) is 19.4. The fraction of sp³-hybridized carbons (Fsp3) is 0.750. The van der Waals surface area contributed by atoms with Crippen LogP contribution in [0.2, 0.25) is 0 Å². The van der Waals surface area contributed by atoms with Gasteiger partial charge in [-0.05, 0) is 0 Å². The summed E-state index contributed by atoms with van der Waals surface area (Å²) in [4.78, 5) is 46.5. The second kappa shape index (κ2) is 29.2. The number of nitrogens with one attached hydrogen (secondary N) is 8. The van der Waals surface area contributed by atoms with E-state index in [9.17, 15) is 19.2 Å². The molecule has 12 nitrogen and oxygen atoms in total. The summed E-state index contributed by atoms with van der Waals surface area (Å²) >= 11 is -0.611. The quantitative estimate of drug-likeness (QED) is 0.107. The minimum atomic E-state index is -0.645. The Kier molecular flexibility index (Phi) is 31.0. The Bertz CT molecular complexity index is 469. The number of carbonyl (C=O) groups excluding carboxylic acids is 4. The average molecular weight is 596 g/mol. The third-order valence-corrected chi connectivity index (χ3v) is 3.72. The molecule has 1 rings (SSSR count). The fourth-order valence-electron chi connectivity index (χ4n) is 2.23. The van der Waals surface area contributed by atoms with Gasteiger partial charge in [0.25, 0.3) is 0 Å². The van der Waals surface area contributed by atoms with Gasteiger partial charge >= 0.3 is 50.4 Å². The van der Waals surface area contributed by atoms with Crippen LogP contribution in [0.3, 0.4) is 0 Å². The van der Waals surface area contributed by atoms with Crippen molar-refractivity contribution in [2.24, 2.45) is 0 Å². The Morgan fingerprint density at radius 1 is 0.382 bits per heavy atom. The van der Waals surface area contributed by atoms with Crippen molar-refractivity contribution in [1.82, 2.24) is 42.5 Å². The number of rotatable bonds is 0. The standard InChI is InChI=1S/C16H32N8O4.2Al.4ClH/c25-13-14(26)23-11-7-19-3-4-20-8-12-24-16(28)15(27)22-10-6-18-2-1-17-5-9-21-13;;;;;;/h17-20H,1-12H2,(H,21,25)(H,22,27)(H,23,26)(H,24,28);;;4*1H/q;2*+2;;;;/p-4. The van der Waals surface area contributed by atoms with E-state index >= 15 is 0 Å². The molecule has 1 saturated heterocycles. The molecule has 0 saturated carbocycles. The van der Waals surface area contributed by atoms with Crippen LogP contribution in [0.1, 0.15) is 0 Å². The van der Waals surface area contributed by atoms with Gasteiger partial charge in [0.2, 0.25) is 0 Å². The van der Waals surface area contributed by atoms with E-state index < -0.39 is 23.6 Å². The Hall–Kier alpha value is -0.0551. The van der Waals surface area contributed by atoms with Gasteiger partial charge in [-0.25, -0.2) is 40.2 Å². The zero-order valence-electron chi connectivity index (χ0n) is 18.8. The summed E-state index contributed by atoms with van der Waals surface area (Å²) in [6.07, 6.45) is 0. The molecule has 1 heterocycles. The molecule has 194 valence electrons. The summed E-state index contributed by atoms with van der Waals surface area (Å²) < 4.78 is 0. The highest BCUT2D eigenvalue weighted by Crippen LogP contribution is 1.72. The van der Waals surface area contributed by atoms with Crippen LogP contribution < -0.4 is 42.5 Å². The van der Waals surface area contributed by atoms with Crippen LogP contribution in [0.5, 0.6) is 0 Å². The zero-order valence-corrected chi connectivity index (χ0v) is 24.1. The molecule has 1 fully saturated rings. The Morgan fingerprint density at radius 3 is 0.706 bits per heavy atom. The topological polar surface area (TPSA) is 165 Å². The number of hydrogen-bond donors (Lipinski definition) is 8. The first-order chi connectivity index (χ1) is 16.4. The second-order valence-electron chi connectivity index (χ2n) is 6.19. The van der Waals surface area contributed by atoms with E-state index in [1.807, 2.05) is 0 Å². The summed E-state index contributed by atoms with van der Waals surface area (Å²) in [6.45, 7) is 6.18. The monoisotopic (exact) mass is 594 g/mol. The van der Waals surface area contributed by atoms with Crippen LogP contribution in [0.4, 0.5) is 0 Å². The van der Waals surface area contributed by atoms with E-state index in [1.165, 1.54) is 0 Å². The largest absolute Gasteiger partial charge is 0.495 e. The predicted octanol–water partition coefficient (Wildman–Crippen LogP) is -3.18. The van der Waals surface area contributed by atoms with E-state index in [0.717, 1.165) is 0 Å². The molecule has 0 unspecified atom stereocenters. The van der Waals surface area contributed by atoms with E-state index in [4.69, 9.17) is 40.2 Å². The van der Waals surface area contributed by atoms with Crippen molar-refractivity contribution < 1.29 is 19.2 Å². The van der Waals surface area contributed by atoms with Crippen LogP contribution in [0.25, 0.3) is 0 Å². The van der Waals surface area contributed by atoms with Crippen molar-refractivity contribution in [2.75, 3.05) is 78.5 Å². The first-order valence-electron chi connectivity index (χ1n) is 10.4. The van der Waals surface area contributed by atoms with Crippen molar-refractivity contribution >= 4 is 90.6 Å². The number of hydrogen-bond acceptors (Lipinski definition) is 8. The first kappa shape index (κ1) is 36.1. The van der Waals surface area contributed by atoms with Gasteiger partial charge in [-0.3, -0.25) is 19.2 Å². The molecule has 0 spiro atoms. The summed E-state index contributed by atoms with van der Waals surface area (Å²) in [5, 5.41) is 22.6. The summed E-state index contributed by atoms with van der Waals surface area (Å²) in [6, 6.07) is 0. The lowest BCUT2D eigenvalue weighted by Gasteiger charge is -2.10. The van der Waals surface area contributed by atoms with Gasteiger partial charge in [-0.15, -0.1) is 0 Å². The average Bonchev–Trinajstić information content (AvgIpc) is 2.81. The van der Waals surface area contributed by atoms with Crippen molar-refractivity contribution in [3.05, 3.63) is 0 Å². The minimum absolute atomic E-state index is 0.306. The molecule has 2 radical (unpaired) electrons. The van der Waals surface area contributed by atoms with Crippen molar-refractivity contribution in [1.29, 1.82) is 0 Å².